The zero-order valence-electron chi connectivity index (χ0n) is 18.5. The van der Waals surface area contributed by atoms with Crippen LogP contribution < -0.4 is 10.2 Å². The van der Waals surface area contributed by atoms with Crippen LogP contribution in [0.25, 0.3) is 6.08 Å². The molecule has 1 saturated heterocycles. The second kappa shape index (κ2) is 10.4. The molecule has 1 N–H and O–H groups in total. The summed E-state index contributed by atoms with van der Waals surface area (Å²) in [7, 11) is 0. The smallest absolute Gasteiger partial charge is 0.253 e. The molecule has 3 aromatic rings. The number of benzene rings is 3. The fourth-order valence-corrected chi connectivity index (χ4v) is 4.15. The fraction of sp³-hybridized carbons (Fsp3) is 0.185. The summed E-state index contributed by atoms with van der Waals surface area (Å²) < 4.78 is 0. The summed E-state index contributed by atoms with van der Waals surface area (Å²) in [5.41, 5.74) is 4.22. The molecule has 2 amide bonds. The first-order valence-electron chi connectivity index (χ1n) is 10.9. The van der Waals surface area contributed by atoms with Crippen molar-refractivity contribution < 1.29 is 9.59 Å². The summed E-state index contributed by atoms with van der Waals surface area (Å²) in [6.07, 6.45) is 3.28. The van der Waals surface area contributed by atoms with E-state index in [2.05, 4.69) is 10.2 Å². The van der Waals surface area contributed by atoms with Crippen LogP contribution in [0.15, 0.2) is 78.9 Å². The number of hydrogen-bond donors (Lipinski definition) is 1. The Balaban J connectivity index is 1.43. The van der Waals surface area contributed by atoms with Crippen molar-refractivity contribution in [2.45, 2.75) is 6.92 Å². The lowest BCUT2D eigenvalue weighted by Crippen LogP contribution is -2.49. The normalized spacial score (nSPS) is 13.9. The molecule has 3 aromatic carbocycles. The lowest BCUT2D eigenvalue weighted by Gasteiger charge is -2.37. The molecule has 0 aliphatic carbocycles. The van der Waals surface area contributed by atoms with Crippen LogP contribution in [-0.4, -0.2) is 42.9 Å². The topological polar surface area (TPSA) is 52.7 Å². The highest BCUT2D eigenvalue weighted by atomic mass is 35.5. The third kappa shape index (κ3) is 5.62. The molecule has 0 spiro atoms. The molecule has 0 radical (unpaired) electrons. The maximum Gasteiger partial charge on any atom is 0.253 e. The van der Waals surface area contributed by atoms with Gasteiger partial charge in [-0.25, -0.2) is 0 Å². The number of amides is 2. The van der Waals surface area contributed by atoms with Crippen molar-refractivity contribution in [1.29, 1.82) is 0 Å². The summed E-state index contributed by atoms with van der Waals surface area (Å²) in [6, 6.07) is 22.8. The van der Waals surface area contributed by atoms with Gasteiger partial charge in [0.15, 0.2) is 0 Å². The molecular weight excluding hydrogens is 434 g/mol. The van der Waals surface area contributed by atoms with Gasteiger partial charge < -0.3 is 15.1 Å². The van der Waals surface area contributed by atoms with E-state index in [1.165, 1.54) is 6.08 Å². The summed E-state index contributed by atoms with van der Waals surface area (Å²) in [6.45, 7) is 4.43. The van der Waals surface area contributed by atoms with Crippen molar-refractivity contribution in [3.8, 4) is 0 Å². The zero-order chi connectivity index (χ0) is 23.2. The molecule has 1 aliphatic heterocycles. The Bertz CT molecular complexity index is 1150. The summed E-state index contributed by atoms with van der Waals surface area (Å²) in [5, 5.41) is 3.52. The van der Waals surface area contributed by atoms with Crippen molar-refractivity contribution in [2.24, 2.45) is 0 Å². The monoisotopic (exact) mass is 459 g/mol. The number of nitrogens with one attached hydrogen (secondary N) is 1. The lowest BCUT2D eigenvalue weighted by molar-refractivity contribution is -0.111. The molecular formula is C27H26ClN3O2. The zero-order valence-corrected chi connectivity index (χ0v) is 19.3. The van der Waals surface area contributed by atoms with Crippen molar-refractivity contribution in [3.63, 3.8) is 0 Å². The number of rotatable bonds is 5. The number of halogens is 1. The van der Waals surface area contributed by atoms with Gasteiger partial charge >= 0.3 is 0 Å². The third-order valence-electron chi connectivity index (χ3n) is 5.65. The van der Waals surface area contributed by atoms with Gasteiger partial charge in [-0.2, -0.15) is 0 Å². The predicted molar refractivity (Wildman–Crippen MR) is 135 cm³/mol. The number of anilines is 2. The van der Waals surface area contributed by atoms with Gasteiger partial charge in [0.25, 0.3) is 5.91 Å². The molecule has 0 bridgehead atoms. The van der Waals surface area contributed by atoms with E-state index in [-0.39, 0.29) is 11.8 Å². The molecule has 0 aromatic heterocycles. The Morgan fingerprint density at radius 3 is 2.27 bits per heavy atom. The molecule has 1 aliphatic rings. The van der Waals surface area contributed by atoms with Gasteiger partial charge in [-0.1, -0.05) is 65.7 Å². The van der Waals surface area contributed by atoms with Gasteiger partial charge in [-0.15, -0.1) is 0 Å². The van der Waals surface area contributed by atoms with Crippen molar-refractivity contribution in [3.05, 3.63) is 101 Å². The van der Waals surface area contributed by atoms with Gasteiger partial charge in [0.05, 0.1) is 16.4 Å². The van der Waals surface area contributed by atoms with Crippen LogP contribution in [0.1, 0.15) is 21.5 Å². The molecule has 0 atom stereocenters. The first-order valence-corrected chi connectivity index (χ1v) is 11.3. The maximum absolute atomic E-state index is 12.8. The van der Waals surface area contributed by atoms with Gasteiger partial charge in [-0.3, -0.25) is 9.59 Å². The fourth-order valence-electron chi connectivity index (χ4n) is 3.86. The van der Waals surface area contributed by atoms with Crippen LogP contribution >= 0.6 is 11.6 Å². The lowest BCUT2D eigenvalue weighted by atomic mass is 10.1. The molecule has 0 saturated carbocycles. The standard InChI is InChI=1S/C27H26ClN3O2/c1-20-10-13-22(14-11-20)27(33)31-18-16-30(17-19-31)26-23(28)8-5-9-24(26)29-25(32)15-12-21-6-3-2-4-7-21/h2-15H,16-19H2,1H3,(H,29,32)/b15-12+. The highest BCUT2D eigenvalue weighted by Gasteiger charge is 2.25. The van der Waals surface area contributed by atoms with E-state index < -0.39 is 0 Å². The summed E-state index contributed by atoms with van der Waals surface area (Å²) in [4.78, 5) is 29.4. The third-order valence-corrected chi connectivity index (χ3v) is 5.96. The number of nitrogens with zero attached hydrogens (tertiary/aromatic N) is 2. The van der Waals surface area contributed by atoms with E-state index in [1.54, 1.807) is 6.08 Å². The van der Waals surface area contributed by atoms with Crippen molar-refractivity contribution in [2.75, 3.05) is 36.4 Å². The van der Waals surface area contributed by atoms with Gasteiger partial charge in [0.2, 0.25) is 5.91 Å². The Morgan fingerprint density at radius 1 is 0.879 bits per heavy atom. The highest BCUT2D eigenvalue weighted by Crippen LogP contribution is 2.34. The molecule has 4 rings (SSSR count). The Kier molecular flexibility index (Phi) is 7.10. The van der Waals surface area contributed by atoms with E-state index >= 15 is 0 Å². The van der Waals surface area contributed by atoms with E-state index in [1.807, 2.05) is 84.6 Å². The SMILES string of the molecule is Cc1ccc(C(=O)N2CCN(c3c(Cl)cccc3NC(=O)/C=C/c3ccccc3)CC2)cc1. The van der Waals surface area contributed by atoms with E-state index in [9.17, 15) is 9.59 Å². The molecule has 1 fully saturated rings. The molecule has 5 nitrogen and oxygen atoms in total. The number of aryl methyl sites for hydroxylation is 1. The molecule has 1 heterocycles. The van der Waals surface area contributed by atoms with Crippen LogP contribution in [0.4, 0.5) is 11.4 Å². The second-order valence-corrected chi connectivity index (χ2v) is 8.42. The first kappa shape index (κ1) is 22.6. The van der Waals surface area contributed by atoms with Crippen LogP contribution in [0.5, 0.6) is 0 Å². The van der Waals surface area contributed by atoms with Crippen LogP contribution in [0, 0.1) is 6.92 Å². The number of carbonyl (C=O) groups excluding carboxylic acids is 2. The average molecular weight is 460 g/mol. The molecule has 33 heavy (non-hydrogen) atoms. The van der Waals surface area contributed by atoms with Crippen LogP contribution in [0.2, 0.25) is 5.02 Å². The van der Waals surface area contributed by atoms with Crippen molar-refractivity contribution in [1.82, 2.24) is 4.90 Å². The Morgan fingerprint density at radius 2 is 1.58 bits per heavy atom. The molecule has 0 unspecified atom stereocenters. The minimum Gasteiger partial charge on any atom is -0.365 e. The minimum absolute atomic E-state index is 0.0355. The summed E-state index contributed by atoms with van der Waals surface area (Å²) in [5.74, 6) is -0.191. The number of para-hydroxylation sites is 1. The largest absolute Gasteiger partial charge is 0.365 e. The van der Waals surface area contributed by atoms with E-state index in [4.69, 9.17) is 11.6 Å². The highest BCUT2D eigenvalue weighted by molar-refractivity contribution is 6.34. The minimum atomic E-state index is -0.226. The predicted octanol–water partition coefficient (Wildman–Crippen LogP) is 5.26. The number of piperazine rings is 1. The van der Waals surface area contributed by atoms with Crippen LogP contribution in [-0.2, 0) is 4.79 Å². The van der Waals surface area contributed by atoms with Crippen LogP contribution in [0.3, 0.4) is 0 Å². The first-order chi connectivity index (χ1) is 16.0. The molecule has 6 heteroatoms. The van der Waals surface area contributed by atoms with E-state index in [0.29, 0.717) is 42.5 Å². The number of hydrogen-bond acceptors (Lipinski definition) is 3. The Hall–Kier alpha value is -3.57. The Labute approximate surface area is 199 Å². The van der Waals surface area contributed by atoms with Gasteiger partial charge in [-0.05, 0) is 42.8 Å². The van der Waals surface area contributed by atoms with Crippen molar-refractivity contribution >= 4 is 40.9 Å². The average Bonchev–Trinajstić information content (AvgIpc) is 2.84. The maximum atomic E-state index is 12.8. The number of carbonyl (C=O) groups is 2. The van der Waals surface area contributed by atoms with E-state index in [0.717, 1.165) is 16.8 Å². The molecule has 168 valence electrons. The quantitative estimate of drug-likeness (QED) is 0.529. The van der Waals surface area contributed by atoms with Gasteiger partial charge in [0, 0.05) is 37.8 Å². The van der Waals surface area contributed by atoms with Gasteiger partial charge in [0.1, 0.15) is 0 Å². The second-order valence-electron chi connectivity index (χ2n) is 8.01. The summed E-state index contributed by atoms with van der Waals surface area (Å²) >= 11 is 6.54.